The minimum Gasteiger partial charge on any atom is -0.494 e. The largest absolute Gasteiger partial charge is 0.494 e. The van der Waals surface area contributed by atoms with E-state index in [1.807, 2.05) is 19.1 Å². The number of carbonyl (C=O) groups excluding carboxylic acids is 1. The Morgan fingerprint density at radius 3 is 2.82 bits per heavy atom. The number of ether oxygens (including phenoxy) is 1. The lowest BCUT2D eigenvalue weighted by atomic mass is 10.1. The molecule has 1 aromatic carbocycles. The van der Waals surface area contributed by atoms with Crippen molar-refractivity contribution >= 4 is 5.91 Å². The molecule has 0 bridgehead atoms. The number of rotatable bonds is 4. The zero-order valence-corrected chi connectivity index (χ0v) is 13.6. The average molecular weight is 304 g/mol. The molecule has 0 atom stereocenters. The van der Waals surface area contributed by atoms with Gasteiger partial charge in [-0.05, 0) is 32.4 Å². The number of hydrogen-bond acceptors (Lipinski definition) is 3. The van der Waals surface area contributed by atoms with E-state index in [0.29, 0.717) is 13.0 Å². The van der Waals surface area contributed by atoms with E-state index < -0.39 is 0 Å². The first kappa shape index (κ1) is 16.8. The Morgan fingerprint density at radius 1 is 1.14 bits per heavy atom. The van der Waals surface area contributed by atoms with E-state index in [-0.39, 0.29) is 5.91 Å². The molecule has 122 valence electrons. The number of hydrogen-bond donors (Lipinski definition) is 1. The molecule has 22 heavy (non-hydrogen) atoms. The molecule has 0 spiro atoms. The zero-order valence-electron chi connectivity index (χ0n) is 13.6. The van der Waals surface area contributed by atoms with Crippen LogP contribution in [0.5, 0.6) is 5.75 Å². The van der Waals surface area contributed by atoms with Gasteiger partial charge in [-0.25, -0.2) is 0 Å². The molecule has 1 amide bonds. The number of carbonyl (C=O) groups is 1. The van der Waals surface area contributed by atoms with Gasteiger partial charge >= 0.3 is 0 Å². The first-order valence-corrected chi connectivity index (χ1v) is 8.49. The molecule has 4 heteroatoms. The standard InChI is InChI=1S/C18H28N2O2/c1-2-22-17-10-6-5-9-16(17)15-20-13-8-4-3-7-12-19-18(21)11-14-20/h5-6,9-10H,2-4,7-8,11-15H2,1H3,(H,19,21). The number of nitrogens with one attached hydrogen (secondary N) is 1. The lowest BCUT2D eigenvalue weighted by Crippen LogP contribution is -2.31. The smallest absolute Gasteiger partial charge is 0.221 e. The van der Waals surface area contributed by atoms with Crippen molar-refractivity contribution in [3.05, 3.63) is 29.8 Å². The summed E-state index contributed by atoms with van der Waals surface area (Å²) >= 11 is 0. The van der Waals surface area contributed by atoms with Crippen LogP contribution in [-0.4, -0.2) is 37.0 Å². The van der Waals surface area contributed by atoms with Gasteiger partial charge in [-0.3, -0.25) is 9.69 Å². The molecule has 1 fully saturated rings. The summed E-state index contributed by atoms with van der Waals surface area (Å²) in [6.07, 6.45) is 5.31. The van der Waals surface area contributed by atoms with Gasteiger partial charge in [0.25, 0.3) is 0 Å². The normalized spacial score (nSPS) is 18.3. The Balaban J connectivity index is 1.99. The second kappa shape index (κ2) is 9.46. The van der Waals surface area contributed by atoms with Gasteiger partial charge in [0.15, 0.2) is 0 Å². The maximum atomic E-state index is 11.8. The van der Waals surface area contributed by atoms with E-state index in [2.05, 4.69) is 22.3 Å². The van der Waals surface area contributed by atoms with Crippen molar-refractivity contribution in [3.8, 4) is 5.75 Å². The minimum absolute atomic E-state index is 0.171. The molecule has 0 aromatic heterocycles. The molecule has 4 nitrogen and oxygen atoms in total. The van der Waals surface area contributed by atoms with E-state index >= 15 is 0 Å². The summed E-state index contributed by atoms with van der Waals surface area (Å²) in [5.74, 6) is 1.13. The highest BCUT2D eigenvalue weighted by Gasteiger charge is 2.12. The van der Waals surface area contributed by atoms with Crippen LogP contribution in [0.25, 0.3) is 0 Å². The van der Waals surface area contributed by atoms with Crippen molar-refractivity contribution in [1.82, 2.24) is 10.2 Å². The fraction of sp³-hybridized carbons (Fsp3) is 0.611. The van der Waals surface area contributed by atoms with Gasteiger partial charge in [-0.1, -0.05) is 31.0 Å². The Labute approximate surface area is 133 Å². The number of nitrogens with zero attached hydrogens (tertiary/aromatic N) is 1. The Bertz CT molecular complexity index is 462. The van der Waals surface area contributed by atoms with Crippen LogP contribution in [0.1, 0.15) is 44.6 Å². The molecule has 0 unspecified atom stereocenters. The Hall–Kier alpha value is -1.55. The van der Waals surface area contributed by atoms with Crippen molar-refractivity contribution < 1.29 is 9.53 Å². The number of amides is 1. The van der Waals surface area contributed by atoms with Crippen LogP contribution >= 0.6 is 0 Å². The molecule has 0 saturated carbocycles. The quantitative estimate of drug-likeness (QED) is 0.930. The van der Waals surface area contributed by atoms with E-state index in [1.54, 1.807) is 0 Å². The van der Waals surface area contributed by atoms with Crippen LogP contribution in [0.2, 0.25) is 0 Å². The number of para-hydroxylation sites is 1. The first-order valence-electron chi connectivity index (χ1n) is 8.49. The molecule has 0 radical (unpaired) electrons. The minimum atomic E-state index is 0.171. The van der Waals surface area contributed by atoms with Gasteiger partial charge < -0.3 is 10.1 Å². The maximum Gasteiger partial charge on any atom is 0.221 e. The van der Waals surface area contributed by atoms with Crippen LogP contribution in [-0.2, 0) is 11.3 Å². The average Bonchev–Trinajstić information content (AvgIpc) is 2.57. The highest BCUT2D eigenvalue weighted by Crippen LogP contribution is 2.20. The summed E-state index contributed by atoms with van der Waals surface area (Å²) in [7, 11) is 0. The van der Waals surface area contributed by atoms with Crippen LogP contribution in [0, 0.1) is 0 Å². The topological polar surface area (TPSA) is 41.6 Å². The third-order valence-corrected chi connectivity index (χ3v) is 4.04. The summed E-state index contributed by atoms with van der Waals surface area (Å²) in [5.41, 5.74) is 1.21. The molecule has 1 heterocycles. The van der Waals surface area contributed by atoms with Crippen LogP contribution in [0.3, 0.4) is 0 Å². The van der Waals surface area contributed by atoms with E-state index in [0.717, 1.165) is 38.3 Å². The fourth-order valence-electron chi connectivity index (χ4n) is 2.83. The van der Waals surface area contributed by atoms with Crippen LogP contribution in [0.4, 0.5) is 0 Å². The van der Waals surface area contributed by atoms with E-state index in [4.69, 9.17) is 4.74 Å². The molecule has 1 aromatic rings. The molecule has 1 aliphatic heterocycles. The van der Waals surface area contributed by atoms with Crippen molar-refractivity contribution in [2.75, 3.05) is 26.2 Å². The summed E-state index contributed by atoms with van der Waals surface area (Å²) in [5, 5.41) is 3.01. The van der Waals surface area contributed by atoms with Gasteiger partial charge in [-0.2, -0.15) is 0 Å². The lowest BCUT2D eigenvalue weighted by molar-refractivity contribution is -0.121. The van der Waals surface area contributed by atoms with Crippen molar-refractivity contribution in [2.45, 2.75) is 45.6 Å². The second-order valence-corrected chi connectivity index (χ2v) is 5.83. The second-order valence-electron chi connectivity index (χ2n) is 5.83. The van der Waals surface area contributed by atoms with Gasteiger partial charge in [-0.15, -0.1) is 0 Å². The highest BCUT2D eigenvalue weighted by molar-refractivity contribution is 5.76. The predicted octanol–water partition coefficient (Wildman–Crippen LogP) is 2.97. The molecular formula is C18H28N2O2. The van der Waals surface area contributed by atoms with E-state index in [9.17, 15) is 4.79 Å². The SMILES string of the molecule is CCOc1ccccc1CN1CCCCCCNC(=O)CC1. The highest BCUT2D eigenvalue weighted by atomic mass is 16.5. The van der Waals surface area contributed by atoms with Crippen LogP contribution < -0.4 is 10.1 Å². The van der Waals surface area contributed by atoms with Crippen molar-refractivity contribution in [1.29, 1.82) is 0 Å². The predicted molar refractivity (Wildman–Crippen MR) is 89.0 cm³/mol. The molecular weight excluding hydrogens is 276 g/mol. The summed E-state index contributed by atoms with van der Waals surface area (Å²) in [6, 6.07) is 8.21. The van der Waals surface area contributed by atoms with Crippen molar-refractivity contribution in [2.24, 2.45) is 0 Å². The number of benzene rings is 1. The molecule has 1 N–H and O–H groups in total. The van der Waals surface area contributed by atoms with E-state index in [1.165, 1.54) is 24.8 Å². The molecule has 0 aliphatic carbocycles. The first-order chi connectivity index (χ1) is 10.8. The van der Waals surface area contributed by atoms with Crippen LogP contribution in [0.15, 0.2) is 24.3 Å². The Morgan fingerprint density at radius 2 is 1.95 bits per heavy atom. The van der Waals surface area contributed by atoms with Gasteiger partial charge in [0.1, 0.15) is 5.75 Å². The molecule has 1 saturated heterocycles. The van der Waals surface area contributed by atoms with Gasteiger partial charge in [0, 0.05) is 31.6 Å². The van der Waals surface area contributed by atoms with Gasteiger partial charge in [0.2, 0.25) is 5.91 Å². The summed E-state index contributed by atoms with van der Waals surface area (Å²) < 4.78 is 5.71. The maximum absolute atomic E-state index is 11.8. The molecule has 2 rings (SSSR count). The fourth-order valence-corrected chi connectivity index (χ4v) is 2.83. The Kier molecular flexibility index (Phi) is 7.23. The third kappa shape index (κ3) is 5.68. The van der Waals surface area contributed by atoms with Crippen molar-refractivity contribution in [3.63, 3.8) is 0 Å². The summed E-state index contributed by atoms with van der Waals surface area (Å²) in [6.45, 7) is 6.23. The summed E-state index contributed by atoms with van der Waals surface area (Å²) in [4.78, 5) is 14.2. The zero-order chi connectivity index (χ0) is 15.6. The third-order valence-electron chi connectivity index (χ3n) is 4.04. The molecule has 1 aliphatic rings. The van der Waals surface area contributed by atoms with Gasteiger partial charge in [0.05, 0.1) is 6.61 Å². The lowest BCUT2D eigenvalue weighted by Gasteiger charge is -2.23. The monoisotopic (exact) mass is 304 g/mol.